The Balaban J connectivity index is 2.11. The normalized spacial score (nSPS) is 61.7. The van der Waals surface area contributed by atoms with Crippen molar-refractivity contribution in [3.05, 3.63) is 0 Å². The van der Waals surface area contributed by atoms with Crippen LogP contribution in [0.1, 0.15) is 34.1 Å². The maximum atomic E-state index is 2.44. The molecule has 0 heterocycles. The topological polar surface area (TPSA) is 0 Å². The van der Waals surface area contributed by atoms with E-state index >= 15 is 0 Å². The zero-order valence-electron chi connectivity index (χ0n) is 6.86. The van der Waals surface area contributed by atoms with Crippen molar-refractivity contribution >= 4 is 0 Å². The summed E-state index contributed by atoms with van der Waals surface area (Å²) in [6.07, 6.45) is 1.50. The van der Waals surface area contributed by atoms with Gasteiger partial charge in [-0.1, -0.05) is 27.7 Å². The first-order valence-corrected chi connectivity index (χ1v) is 4.02. The van der Waals surface area contributed by atoms with Crippen molar-refractivity contribution in [1.82, 2.24) is 0 Å². The second-order valence-electron chi connectivity index (χ2n) is 4.73. The highest BCUT2D eigenvalue weighted by Gasteiger charge is 2.85. The van der Waals surface area contributed by atoms with E-state index in [9.17, 15) is 0 Å². The molecule has 0 spiro atoms. The highest BCUT2D eigenvalue weighted by atomic mass is 14.9. The standard InChI is InChI=1S/C9H16/c1-6(2)7-8(3)5-9(7,8)4/h6-7H,5H2,1-4H3. The summed E-state index contributed by atoms with van der Waals surface area (Å²) < 4.78 is 0. The van der Waals surface area contributed by atoms with Gasteiger partial charge < -0.3 is 0 Å². The Bertz CT molecular complexity index is 145. The summed E-state index contributed by atoms with van der Waals surface area (Å²) in [6, 6.07) is 0. The van der Waals surface area contributed by atoms with E-state index < -0.39 is 0 Å². The minimum Gasteiger partial charge on any atom is -0.0625 e. The summed E-state index contributed by atoms with van der Waals surface area (Å²) in [5.41, 5.74) is 1.59. The third-order valence-electron chi connectivity index (χ3n) is 3.87. The lowest BCUT2D eigenvalue weighted by Gasteiger charge is -2.13. The zero-order valence-corrected chi connectivity index (χ0v) is 6.86. The van der Waals surface area contributed by atoms with Crippen LogP contribution in [0.3, 0.4) is 0 Å². The number of rotatable bonds is 1. The van der Waals surface area contributed by atoms with Crippen molar-refractivity contribution < 1.29 is 0 Å². The molecular formula is C9H16. The molecule has 0 aromatic heterocycles. The molecule has 2 aliphatic rings. The monoisotopic (exact) mass is 124 g/mol. The smallest absolute Gasteiger partial charge is 0.0227 e. The van der Waals surface area contributed by atoms with Gasteiger partial charge in [0.05, 0.1) is 0 Å². The lowest BCUT2D eigenvalue weighted by Crippen LogP contribution is -2.05. The van der Waals surface area contributed by atoms with Gasteiger partial charge in [0.15, 0.2) is 0 Å². The number of hydrogen-bond acceptors (Lipinski definition) is 0. The third-order valence-corrected chi connectivity index (χ3v) is 3.87. The summed E-state index contributed by atoms with van der Waals surface area (Å²) in [5, 5.41) is 0. The number of hydrogen-bond donors (Lipinski definition) is 0. The van der Waals surface area contributed by atoms with Crippen LogP contribution >= 0.6 is 0 Å². The summed E-state index contributed by atoms with van der Waals surface area (Å²) >= 11 is 0. The van der Waals surface area contributed by atoms with E-state index in [1.165, 1.54) is 6.42 Å². The molecule has 52 valence electrons. The molecule has 9 heavy (non-hydrogen) atoms. The van der Waals surface area contributed by atoms with Crippen molar-refractivity contribution in [1.29, 1.82) is 0 Å². The fraction of sp³-hybridized carbons (Fsp3) is 1.00. The minimum absolute atomic E-state index is 0.793. The van der Waals surface area contributed by atoms with E-state index in [0.29, 0.717) is 0 Å². The van der Waals surface area contributed by atoms with Crippen LogP contribution in [0.15, 0.2) is 0 Å². The maximum absolute atomic E-state index is 2.44. The largest absolute Gasteiger partial charge is 0.0625 e. The van der Waals surface area contributed by atoms with Crippen LogP contribution in [0, 0.1) is 22.7 Å². The summed E-state index contributed by atoms with van der Waals surface area (Å²) in [6.45, 7) is 9.59. The Morgan fingerprint density at radius 3 is 1.67 bits per heavy atom. The van der Waals surface area contributed by atoms with Gasteiger partial charge >= 0.3 is 0 Å². The molecule has 0 aromatic carbocycles. The molecule has 0 nitrogen and oxygen atoms in total. The van der Waals surface area contributed by atoms with E-state index in [-0.39, 0.29) is 0 Å². The molecular weight excluding hydrogens is 108 g/mol. The summed E-state index contributed by atoms with van der Waals surface area (Å²) in [4.78, 5) is 0. The Morgan fingerprint density at radius 1 is 1.22 bits per heavy atom. The molecule has 2 unspecified atom stereocenters. The average Bonchev–Trinajstić information content (AvgIpc) is 2.20. The molecule has 0 heteroatoms. The van der Waals surface area contributed by atoms with Crippen LogP contribution in [-0.4, -0.2) is 0 Å². The second-order valence-corrected chi connectivity index (χ2v) is 4.73. The van der Waals surface area contributed by atoms with Crippen molar-refractivity contribution in [3.63, 3.8) is 0 Å². The third kappa shape index (κ3) is 0.395. The fourth-order valence-electron chi connectivity index (χ4n) is 3.28. The molecule has 2 saturated carbocycles. The molecule has 0 radical (unpaired) electrons. The summed E-state index contributed by atoms with van der Waals surface area (Å²) in [7, 11) is 0. The first-order chi connectivity index (χ1) is 4.02. The van der Waals surface area contributed by atoms with Gasteiger partial charge in [0.25, 0.3) is 0 Å². The molecule has 2 atom stereocenters. The van der Waals surface area contributed by atoms with Gasteiger partial charge in [-0.2, -0.15) is 0 Å². The Kier molecular flexibility index (Phi) is 0.695. The first-order valence-electron chi connectivity index (χ1n) is 4.02. The molecule has 2 rings (SSSR count). The first kappa shape index (κ1) is 5.76. The number of fused-ring (bicyclic) bond motifs is 1. The predicted molar refractivity (Wildman–Crippen MR) is 39.2 cm³/mol. The highest BCUT2D eigenvalue weighted by molar-refractivity contribution is 5.32. The summed E-state index contributed by atoms with van der Waals surface area (Å²) in [5.74, 6) is 1.98. The molecule has 0 bridgehead atoms. The molecule has 0 amide bonds. The quantitative estimate of drug-likeness (QED) is 0.504. The average molecular weight is 124 g/mol. The van der Waals surface area contributed by atoms with Crippen molar-refractivity contribution in [2.45, 2.75) is 34.1 Å². The van der Waals surface area contributed by atoms with Crippen LogP contribution in [-0.2, 0) is 0 Å². The Hall–Kier alpha value is 0. The second kappa shape index (κ2) is 1.09. The van der Waals surface area contributed by atoms with E-state index in [4.69, 9.17) is 0 Å². The van der Waals surface area contributed by atoms with E-state index in [0.717, 1.165) is 22.7 Å². The molecule has 0 saturated heterocycles. The maximum Gasteiger partial charge on any atom is -0.0227 e. The molecule has 0 aromatic rings. The van der Waals surface area contributed by atoms with Crippen LogP contribution < -0.4 is 0 Å². The molecule has 2 aliphatic carbocycles. The predicted octanol–water partition coefficient (Wildman–Crippen LogP) is 2.69. The van der Waals surface area contributed by atoms with Gasteiger partial charge in [0.1, 0.15) is 0 Å². The van der Waals surface area contributed by atoms with Crippen LogP contribution in [0.4, 0.5) is 0 Å². The van der Waals surface area contributed by atoms with Crippen molar-refractivity contribution in [3.8, 4) is 0 Å². The van der Waals surface area contributed by atoms with E-state index in [1.807, 2.05) is 0 Å². The van der Waals surface area contributed by atoms with Gasteiger partial charge in [-0.15, -0.1) is 0 Å². The molecule has 2 fully saturated rings. The van der Waals surface area contributed by atoms with Gasteiger partial charge in [-0.3, -0.25) is 0 Å². The van der Waals surface area contributed by atoms with Crippen LogP contribution in [0.2, 0.25) is 0 Å². The van der Waals surface area contributed by atoms with Crippen molar-refractivity contribution in [2.24, 2.45) is 22.7 Å². The Morgan fingerprint density at radius 2 is 1.67 bits per heavy atom. The van der Waals surface area contributed by atoms with Crippen LogP contribution in [0.5, 0.6) is 0 Å². The highest BCUT2D eigenvalue weighted by Crippen LogP contribution is 2.91. The van der Waals surface area contributed by atoms with Gasteiger partial charge in [-0.25, -0.2) is 0 Å². The van der Waals surface area contributed by atoms with Gasteiger partial charge in [0.2, 0.25) is 0 Å². The molecule has 0 N–H and O–H groups in total. The van der Waals surface area contributed by atoms with E-state index in [2.05, 4.69) is 27.7 Å². The van der Waals surface area contributed by atoms with Gasteiger partial charge in [-0.05, 0) is 29.1 Å². The lowest BCUT2D eigenvalue weighted by molar-refractivity contribution is 0.361. The zero-order chi connectivity index (χ0) is 6.86. The van der Waals surface area contributed by atoms with Crippen molar-refractivity contribution in [2.75, 3.05) is 0 Å². The van der Waals surface area contributed by atoms with Crippen LogP contribution in [0.25, 0.3) is 0 Å². The Labute approximate surface area is 57.6 Å². The minimum atomic E-state index is 0.793. The SMILES string of the molecule is CC(C)C1C2(C)CC12C. The van der Waals surface area contributed by atoms with E-state index in [1.54, 1.807) is 0 Å². The molecule has 0 aliphatic heterocycles. The fourth-order valence-corrected chi connectivity index (χ4v) is 3.28. The lowest BCUT2D eigenvalue weighted by atomic mass is 9.92. The van der Waals surface area contributed by atoms with Gasteiger partial charge in [0, 0.05) is 0 Å².